The first kappa shape index (κ1) is 13.4. The van der Waals surface area contributed by atoms with Gasteiger partial charge in [-0.05, 0) is 36.2 Å². The van der Waals surface area contributed by atoms with Crippen molar-refractivity contribution in [1.29, 1.82) is 0 Å². The van der Waals surface area contributed by atoms with Crippen molar-refractivity contribution in [1.82, 2.24) is 9.88 Å². The van der Waals surface area contributed by atoms with E-state index in [2.05, 4.69) is 80.4 Å². The van der Waals surface area contributed by atoms with E-state index in [0.29, 0.717) is 0 Å². The zero-order chi connectivity index (χ0) is 13.9. The summed E-state index contributed by atoms with van der Waals surface area (Å²) in [6.45, 7) is 1.76. The van der Waals surface area contributed by atoms with Gasteiger partial charge in [0.15, 0.2) is 0 Å². The number of halogens is 1. The molecule has 0 spiro atoms. The molecule has 0 atom stereocenters. The molecule has 20 heavy (non-hydrogen) atoms. The Morgan fingerprint density at radius 3 is 2.60 bits per heavy atom. The lowest BCUT2D eigenvalue weighted by molar-refractivity contribution is 0.708. The van der Waals surface area contributed by atoms with Crippen molar-refractivity contribution < 1.29 is 0 Å². The van der Waals surface area contributed by atoms with Crippen molar-refractivity contribution in [2.45, 2.75) is 13.1 Å². The Labute approximate surface area is 127 Å². The molecule has 3 aromatic rings. The van der Waals surface area contributed by atoms with Gasteiger partial charge in [-0.1, -0.05) is 52.3 Å². The number of rotatable bonds is 4. The Morgan fingerprint density at radius 2 is 1.80 bits per heavy atom. The quantitative estimate of drug-likeness (QED) is 0.760. The molecule has 1 N–H and O–H groups in total. The first-order valence-corrected chi connectivity index (χ1v) is 7.54. The average Bonchev–Trinajstić information content (AvgIpc) is 2.80. The number of hydrogen-bond donors (Lipinski definition) is 1. The van der Waals surface area contributed by atoms with E-state index in [1.807, 2.05) is 7.05 Å². The van der Waals surface area contributed by atoms with Gasteiger partial charge < -0.3 is 9.88 Å². The van der Waals surface area contributed by atoms with Crippen LogP contribution in [-0.2, 0) is 13.1 Å². The molecule has 0 bridgehead atoms. The van der Waals surface area contributed by atoms with E-state index in [4.69, 9.17) is 0 Å². The van der Waals surface area contributed by atoms with Gasteiger partial charge in [-0.15, -0.1) is 0 Å². The van der Waals surface area contributed by atoms with Crippen LogP contribution in [0.3, 0.4) is 0 Å². The van der Waals surface area contributed by atoms with Crippen LogP contribution in [0, 0.1) is 0 Å². The second-order valence-electron chi connectivity index (χ2n) is 4.90. The fourth-order valence-corrected chi connectivity index (χ4v) is 2.99. The Balaban J connectivity index is 2.09. The van der Waals surface area contributed by atoms with Crippen molar-refractivity contribution in [2.24, 2.45) is 0 Å². The molecule has 1 heterocycles. The summed E-state index contributed by atoms with van der Waals surface area (Å²) in [6, 6.07) is 19.2. The molecule has 3 rings (SSSR count). The second-order valence-corrected chi connectivity index (χ2v) is 5.76. The third-order valence-corrected chi connectivity index (χ3v) is 4.31. The van der Waals surface area contributed by atoms with Crippen molar-refractivity contribution in [2.75, 3.05) is 7.05 Å². The molecule has 0 aliphatic carbocycles. The van der Waals surface area contributed by atoms with Gasteiger partial charge in [0.25, 0.3) is 0 Å². The molecule has 0 aliphatic heterocycles. The largest absolute Gasteiger partial charge is 0.339 e. The number of nitrogens with zero attached hydrogens (tertiary/aromatic N) is 1. The van der Waals surface area contributed by atoms with Crippen LogP contribution in [0.1, 0.15) is 11.3 Å². The lowest BCUT2D eigenvalue weighted by Gasteiger charge is -2.12. The van der Waals surface area contributed by atoms with E-state index in [9.17, 15) is 0 Å². The number of fused-ring (bicyclic) bond motifs is 1. The summed E-state index contributed by atoms with van der Waals surface area (Å²) in [5, 5.41) is 4.55. The van der Waals surface area contributed by atoms with Crippen molar-refractivity contribution in [3.8, 4) is 0 Å². The fourth-order valence-electron chi connectivity index (χ4n) is 2.58. The number of para-hydroxylation sites is 1. The molecule has 0 unspecified atom stereocenters. The highest BCUT2D eigenvalue weighted by Gasteiger charge is 2.09. The molecule has 102 valence electrons. The summed E-state index contributed by atoms with van der Waals surface area (Å²) in [5.41, 5.74) is 3.89. The number of benzene rings is 2. The maximum absolute atomic E-state index is 3.64. The monoisotopic (exact) mass is 328 g/mol. The molecule has 2 nitrogen and oxygen atoms in total. The lowest BCUT2D eigenvalue weighted by atomic mass is 10.2. The van der Waals surface area contributed by atoms with E-state index in [1.54, 1.807) is 0 Å². The van der Waals surface area contributed by atoms with Gasteiger partial charge in [-0.3, -0.25) is 0 Å². The SMILES string of the molecule is CNCc1cc2ccccc2n1Cc1ccccc1Br. The Morgan fingerprint density at radius 1 is 1.05 bits per heavy atom. The van der Waals surface area contributed by atoms with E-state index in [0.717, 1.165) is 17.6 Å². The molecule has 0 saturated carbocycles. The summed E-state index contributed by atoms with van der Waals surface area (Å²) in [4.78, 5) is 0. The van der Waals surface area contributed by atoms with Crippen molar-refractivity contribution >= 4 is 26.8 Å². The highest BCUT2D eigenvalue weighted by atomic mass is 79.9. The van der Waals surface area contributed by atoms with E-state index in [-0.39, 0.29) is 0 Å². The van der Waals surface area contributed by atoms with Gasteiger partial charge in [0.1, 0.15) is 0 Å². The van der Waals surface area contributed by atoms with Crippen LogP contribution >= 0.6 is 15.9 Å². The van der Waals surface area contributed by atoms with E-state index in [1.165, 1.54) is 22.2 Å². The molecular weight excluding hydrogens is 312 g/mol. The molecule has 0 amide bonds. The smallest absolute Gasteiger partial charge is 0.0490 e. The summed E-state index contributed by atoms with van der Waals surface area (Å²) in [5.74, 6) is 0. The van der Waals surface area contributed by atoms with Crippen LogP contribution in [-0.4, -0.2) is 11.6 Å². The zero-order valence-electron chi connectivity index (χ0n) is 11.4. The molecular formula is C17H17BrN2. The first-order chi connectivity index (χ1) is 9.79. The Kier molecular flexibility index (Phi) is 3.90. The summed E-state index contributed by atoms with van der Waals surface area (Å²) in [7, 11) is 1.99. The van der Waals surface area contributed by atoms with Gasteiger partial charge in [0.2, 0.25) is 0 Å². The van der Waals surface area contributed by atoms with Crippen LogP contribution in [0.5, 0.6) is 0 Å². The summed E-state index contributed by atoms with van der Waals surface area (Å²) < 4.78 is 3.54. The number of aromatic nitrogens is 1. The van der Waals surface area contributed by atoms with Gasteiger partial charge in [0, 0.05) is 28.8 Å². The Hall–Kier alpha value is -1.58. The highest BCUT2D eigenvalue weighted by molar-refractivity contribution is 9.10. The molecule has 0 aliphatic rings. The average molecular weight is 329 g/mol. The van der Waals surface area contributed by atoms with Gasteiger partial charge in [-0.25, -0.2) is 0 Å². The number of nitrogens with one attached hydrogen (secondary N) is 1. The predicted molar refractivity (Wildman–Crippen MR) is 87.9 cm³/mol. The minimum atomic E-state index is 0.874. The molecule has 0 radical (unpaired) electrons. The normalized spacial score (nSPS) is 11.1. The van der Waals surface area contributed by atoms with Crippen molar-refractivity contribution in [3.63, 3.8) is 0 Å². The molecule has 0 saturated heterocycles. The maximum atomic E-state index is 3.64. The third-order valence-electron chi connectivity index (χ3n) is 3.54. The minimum absolute atomic E-state index is 0.874. The van der Waals surface area contributed by atoms with E-state index < -0.39 is 0 Å². The summed E-state index contributed by atoms with van der Waals surface area (Å²) >= 11 is 3.64. The third kappa shape index (κ3) is 2.51. The molecule has 3 heteroatoms. The topological polar surface area (TPSA) is 17.0 Å². The highest BCUT2D eigenvalue weighted by Crippen LogP contribution is 2.24. The molecule has 0 fully saturated rings. The van der Waals surface area contributed by atoms with Crippen LogP contribution in [0.25, 0.3) is 10.9 Å². The Bertz CT molecular complexity index is 731. The lowest BCUT2D eigenvalue weighted by Crippen LogP contribution is -2.12. The van der Waals surface area contributed by atoms with Crippen molar-refractivity contribution in [3.05, 3.63) is 70.3 Å². The van der Waals surface area contributed by atoms with Crippen LogP contribution in [0.2, 0.25) is 0 Å². The van der Waals surface area contributed by atoms with Gasteiger partial charge >= 0.3 is 0 Å². The predicted octanol–water partition coefficient (Wildman–Crippen LogP) is 4.17. The first-order valence-electron chi connectivity index (χ1n) is 6.75. The standard InChI is InChI=1S/C17H17BrN2/c1-19-11-15-10-13-6-3-5-9-17(13)20(15)12-14-7-2-4-8-16(14)18/h2-10,19H,11-12H2,1H3. The van der Waals surface area contributed by atoms with Crippen LogP contribution in [0.4, 0.5) is 0 Å². The zero-order valence-corrected chi connectivity index (χ0v) is 13.0. The summed E-state index contributed by atoms with van der Waals surface area (Å²) in [6.07, 6.45) is 0. The minimum Gasteiger partial charge on any atom is -0.339 e. The maximum Gasteiger partial charge on any atom is 0.0490 e. The van der Waals surface area contributed by atoms with Crippen LogP contribution < -0.4 is 5.32 Å². The molecule has 1 aromatic heterocycles. The van der Waals surface area contributed by atoms with Gasteiger partial charge in [-0.2, -0.15) is 0 Å². The number of hydrogen-bond acceptors (Lipinski definition) is 1. The van der Waals surface area contributed by atoms with Gasteiger partial charge in [0.05, 0.1) is 0 Å². The molecule has 2 aromatic carbocycles. The van der Waals surface area contributed by atoms with E-state index >= 15 is 0 Å². The van der Waals surface area contributed by atoms with Crippen LogP contribution in [0.15, 0.2) is 59.1 Å². The fraction of sp³-hybridized carbons (Fsp3) is 0.176. The second kappa shape index (κ2) is 5.81.